The van der Waals surface area contributed by atoms with Gasteiger partial charge in [-0.15, -0.1) is 0 Å². The standard InChI is InChI=1S/C11H25NO2S/c1-10(2,3)11(4,5)8-7-9-12-15(6,13)14/h12H,7-9H2,1-6H3. The molecule has 92 valence electrons. The van der Waals surface area contributed by atoms with E-state index in [0.717, 1.165) is 12.8 Å². The number of hydrogen-bond donors (Lipinski definition) is 1. The number of nitrogens with one attached hydrogen (secondary N) is 1. The predicted octanol–water partition coefficient (Wildman–Crippen LogP) is 2.39. The molecule has 0 aliphatic heterocycles. The summed E-state index contributed by atoms with van der Waals surface area (Å²) in [6.45, 7) is 11.7. The highest BCUT2D eigenvalue weighted by atomic mass is 32.2. The Balaban J connectivity index is 3.98. The molecule has 0 rings (SSSR count). The number of hydrogen-bond acceptors (Lipinski definition) is 2. The smallest absolute Gasteiger partial charge is 0.208 e. The third kappa shape index (κ3) is 6.15. The van der Waals surface area contributed by atoms with Crippen LogP contribution in [0.2, 0.25) is 0 Å². The van der Waals surface area contributed by atoms with Crippen LogP contribution in [0.4, 0.5) is 0 Å². The maximum Gasteiger partial charge on any atom is 0.208 e. The summed E-state index contributed by atoms with van der Waals surface area (Å²) in [6.07, 6.45) is 3.11. The van der Waals surface area contributed by atoms with E-state index in [2.05, 4.69) is 39.3 Å². The Hall–Kier alpha value is -0.0900. The molecule has 0 fully saturated rings. The van der Waals surface area contributed by atoms with Crippen molar-refractivity contribution in [2.45, 2.75) is 47.5 Å². The van der Waals surface area contributed by atoms with Gasteiger partial charge in [0.25, 0.3) is 0 Å². The second-order valence-electron chi connectivity index (χ2n) is 5.90. The van der Waals surface area contributed by atoms with Crippen LogP contribution in [0.1, 0.15) is 47.5 Å². The highest BCUT2D eigenvalue weighted by Gasteiger charge is 2.31. The van der Waals surface area contributed by atoms with Crippen molar-refractivity contribution in [1.82, 2.24) is 4.72 Å². The largest absolute Gasteiger partial charge is 0.215 e. The van der Waals surface area contributed by atoms with Crippen LogP contribution in [0.3, 0.4) is 0 Å². The lowest BCUT2D eigenvalue weighted by Gasteiger charge is -2.39. The van der Waals surface area contributed by atoms with Crippen LogP contribution < -0.4 is 4.72 Å². The minimum absolute atomic E-state index is 0.228. The van der Waals surface area contributed by atoms with Gasteiger partial charge >= 0.3 is 0 Å². The van der Waals surface area contributed by atoms with Gasteiger partial charge in [-0.25, -0.2) is 13.1 Å². The highest BCUT2D eigenvalue weighted by molar-refractivity contribution is 7.88. The zero-order valence-corrected chi connectivity index (χ0v) is 11.7. The van der Waals surface area contributed by atoms with Crippen molar-refractivity contribution in [2.24, 2.45) is 10.8 Å². The monoisotopic (exact) mass is 235 g/mol. The van der Waals surface area contributed by atoms with E-state index in [1.807, 2.05) is 0 Å². The van der Waals surface area contributed by atoms with Crippen LogP contribution in [0, 0.1) is 10.8 Å². The molecule has 4 heteroatoms. The van der Waals surface area contributed by atoms with Crippen molar-refractivity contribution in [3.8, 4) is 0 Å². The second kappa shape index (κ2) is 4.83. The number of rotatable bonds is 5. The zero-order chi connectivity index (χ0) is 12.3. The summed E-state index contributed by atoms with van der Waals surface area (Å²) < 4.78 is 24.2. The van der Waals surface area contributed by atoms with Gasteiger partial charge in [-0.3, -0.25) is 0 Å². The molecule has 0 amide bonds. The van der Waals surface area contributed by atoms with Crippen molar-refractivity contribution in [1.29, 1.82) is 0 Å². The first-order chi connectivity index (χ1) is 6.46. The zero-order valence-electron chi connectivity index (χ0n) is 10.8. The van der Waals surface area contributed by atoms with Gasteiger partial charge in [0.15, 0.2) is 0 Å². The molecule has 0 bridgehead atoms. The molecule has 0 radical (unpaired) electrons. The molecule has 1 N–H and O–H groups in total. The minimum atomic E-state index is -3.03. The SMILES string of the molecule is CC(C)(C)C(C)(C)CCCNS(C)(=O)=O. The third-order valence-electron chi connectivity index (χ3n) is 3.37. The molecule has 0 aromatic carbocycles. The fraction of sp³-hybridized carbons (Fsp3) is 1.00. The van der Waals surface area contributed by atoms with Crippen molar-refractivity contribution >= 4 is 10.0 Å². The molecular formula is C11H25NO2S. The van der Waals surface area contributed by atoms with Gasteiger partial charge in [-0.05, 0) is 23.7 Å². The predicted molar refractivity (Wildman–Crippen MR) is 65.3 cm³/mol. The summed E-state index contributed by atoms with van der Waals surface area (Å²) in [6, 6.07) is 0. The fourth-order valence-electron chi connectivity index (χ4n) is 1.16. The van der Waals surface area contributed by atoms with Gasteiger partial charge in [0, 0.05) is 6.54 Å². The second-order valence-corrected chi connectivity index (χ2v) is 7.74. The minimum Gasteiger partial charge on any atom is -0.215 e. The Morgan fingerprint density at radius 3 is 1.87 bits per heavy atom. The van der Waals surface area contributed by atoms with Gasteiger partial charge in [0.05, 0.1) is 6.26 Å². The van der Waals surface area contributed by atoms with Gasteiger partial charge in [-0.1, -0.05) is 34.6 Å². The Bertz CT molecular complexity index is 286. The lowest BCUT2D eigenvalue weighted by atomic mass is 9.67. The molecule has 3 nitrogen and oxygen atoms in total. The summed E-state index contributed by atoms with van der Waals surface area (Å²) in [5.74, 6) is 0. The van der Waals surface area contributed by atoms with Gasteiger partial charge < -0.3 is 0 Å². The molecule has 15 heavy (non-hydrogen) atoms. The summed E-state index contributed by atoms with van der Waals surface area (Å²) in [7, 11) is -3.03. The van der Waals surface area contributed by atoms with Crippen LogP contribution in [0.5, 0.6) is 0 Å². The molecule has 0 saturated heterocycles. The van der Waals surface area contributed by atoms with Crippen molar-refractivity contribution in [3.05, 3.63) is 0 Å². The molecule has 0 aliphatic carbocycles. The fourth-order valence-corrected chi connectivity index (χ4v) is 1.68. The average molecular weight is 235 g/mol. The van der Waals surface area contributed by atoms with E-state index in [-0.39, 0.29) is 10.8 Å². The average Bonchev–Trinajstić information content (AvgIpc) is 1.94. The molecular weight excluding hydrogens is 210 g/mol. The molecule has 0 unspecified atom stereocenters. The molecule has 0 atom stereocenters. The topological polar surface area (TPSA) is 46.2 Å². The van der Waals surface area contributed by atoms with Gasteiger partial charge in [0.2, 0.25) is 10.0 Å². The maximum absolute atomic E-state index is 10.8. The summed E-state index contributed by atoms with van der Waals surface area (Å²) in [5.41, 5.74) is 0.476. The summed E-state index contributed by atoms with van der Waals surface area (Å²) >= 11 is 0. The third-order valence-corrected chi connectivity index (χ3v) is 4.10. The molecule has 0 aromatic heterocycles. The molecule has 0 heterocycles. The van der Waals surface area contributed by atoms with E-state index < -0.39 is 10.0 Å². The Morgan fingerprint density at radius 1 is 1.07 bits per heavy atom. The molecule has 0 spiro atoms. The first kappa shape index (κ1) is 14.9. The number of sulfonamides is 1. The van der Waals surface area contributed by atoms with Crippen LogP contribution in [0.15, 0.2) is 0 Å². The van der Waals surface area contributed by atoms with Crippen LogP contribution in [0.25, 0.3) is 0 Å². The van der Waals surface area contributed by atoms with Gasteiger partial charge in [0.1, 0.15) is 0 Å². The van der Waals surface area contributed by atoms with E-state index in [9.17, 15) is 8.42 Å². The first-order valence-corrected chi connectivity index (χ1v) is 7.29. The normalized spacial score (nSPS) is 14.3. The van der Waals surface area contributed by atoms with Crippen molar-refractivity contribution < 1.29 is 8.42 Å². The van der Waals surface area contributed by atoms with Crippen molar-refractivity contribution in [2.75, 3.05) is 12.8 Å². The lowest BCUT2D eigenvalue weighted by Crippen LogP contribution is -2.31. The van der Waals surface area contributed by atoms with E-state index in [0.29, 0.717) is 6.54 Å². The Morgan fingerprint density at radius 2 is 1.53 bits per heavy atom. The van der Waals surface area contributed by atoms with Crippen molar-refractivity contribution in [3.63, 3.8) is 0 Å². The summed E-state index contributed by atoms with van der Waals surface area (Å²) in [5, 5.41) is 0. The van der Waals surface area contributed by atoms with E-state index in [4.69, 9.17) is 0 Å². The van der Waals surface area contributed by atoms with E-state index in [1.165, 1.54) is 6.26 Å². The Kier molecular flexibility index (Phi) is 4.80. The maximum atomic E-state index is 10.8. The summed E-state index contributed by atoms with van der Waals surface area (Å²) in [4.78, 5) is 0. The van der Waals surface area contributed by atoms with Crippen LogP contribution in [-0.2, 0) is 10.0 Å². The molecule has 0 saturated carbocycles. The van der Waals surface area contributed by atoms with E-state index in [1.54, 1.807) is 0 Å². The Labute approximate surface area is 94.7 Å². The molecule has 0 aliphatic rings. The van der Waals surface area contributed by atoms with Crippen LogP contribution in [-0.4, -0.2) is 21.2 Å². The van der Waals surface area contributed by atoms with Gasteiger partial charge in [-0.2, -0.15) is 0 Å². The molecule has 0 aromatic rings. The van der Waals surface area contributed by atoms with Crippen LogP contribution >= 0.6 is 0 Å². The lowest BCUT2D eigenvalue weighted by molar-refractivity contribution is 0.117. The quantitative estimate of drug-likeness (QED) is 0.744. The first-order valence-electron chi connectivity index (χ1n) is 5.40. The highest BCUT2D eigenvalue weighted by Crippen LogP contribution is 2.41. The van der Waals surface area contributed by atoms with E-state index >= 15 is 0 Å².